The topological polar surface area (TPSA) is 37.6 Å². The lowest BCUT2D eigenvalue weighted by Gasteiger charge is -2.21. The summed E-state index contributed by atoms with van der Waals surface area (Å²) in [6.07, 6.45) is 6.27. The van der Waals surface area contributed by atoms with E-state index < -0.39 is 0 Å². The molecule has 3 aromatic rings. The van der Waals surface area contributed by atoms with Gasteiger partial charge in [-0.3, -0.25) is 9.79 Å². The van der Waals surface area contributed by atoms with E-state index in [1.54, 1.807) is 0 Å². The quantitative estimate of drug-likeness (QED) is 0.631. The van der Waals surface area contributed by atoms with Crippen LogP contribution in [0.5, 0.6) is 0 Å². The Morgan fingerprint density at radius 3 is 2.76 bits per heavy atom. The van der Waals surface area contributed by atoms with Gasteiger partial charge in [0.15, 0.2) is 0 Å². The second-order valence-electron chi connectivity index (χ2n) is 8.20. The van der Waals surface area contributed by atoms with Crippen molar-refractivity contribution in [3.8, 4) is 0 Å². The normalized spacial score (nSPS) is 18.0. The molecular weight excluding hydrogens is 358 g/mol. The van der Waals surface area contributed by atoms with Crippen LogP contribution < -0.4 is 0 Å². The van der Waals surface area contributed by atoms with Gasteiger partial charge in [-0.2, -0.15) is 0 Å². The van der Waals surface area contributed by atoms with Crippen LogP contribution in [0.1, 0.15) is 46.9 Å². The van der Waals surface area contributed by atoms with Crippen LogP contribution in [-0.2, 0) is 25.9 Å². The molecule has 1 amide bonds. The van der Waals surface area contributed by atoms with E-state index in [4.69, 9.17) is 0 Å². The largest absolute Gasteiger partial charge is 0.342 e. The van der Waals surface area contributed by atoms with E-state index in [0.717, 1.165) is 44.3 Å². The maximum atomic E-state index is 13.2. The van der Waals surface area contributed by atoms with Crippen molar-refractivity contribution >= 4 is 23.0 Å². The van der Waals surface area contributed by atoms with Gasteiger partial charge < -0.3 is 9.47 Å². The number of nitrogens with zero attached hydrogens (tertiary/aromatic N) is 3. The zero-order chi connectivity index (χ0) is 19.8. The highest BCUT2D eigenvalue weighted by Gasteiger charge is 2.27. The summed E-state index contributed by atoms with van der Waals surface area (Å²) in [7, 11) is 0. The number of aliphatic imine (C=N–C) groups is 1. The molecule has 2 aliphatic rings. The van der Waals surface area contributed by atoms with Crippen molar-refractivity contribution in [3.63, 3.8) is 0 Å². The summed E-state index contributed by atoms with van der Waals surface area (Å²) in [5.74, 6) is 0.134. The van der Waals surface area contributed by atoms with Crippen LogP contribution in [0.15, 0.2) is 53.5 Å². The SMILES string of the molecule is CCCc1ccc2c(c1)c1c(n2CC2C=N2)CCCN(C(=O)c2ccccc2)C1. The molecule has 0 spiro atoms. The van der Waals surface area contributed by atoms with Crippen molar-refractivity contribution in [1.82, 2.24) is 9.47 Å². The monoisotopic (exact) mass is 385 g/mol. The first-order valence-corrected chi connectivity index (χ1v) is 10.7. The van der Waals surface area contributed by atoms with Crippen LogP contribution >= 0.6 is 0 Å². The minimum atomic E-state index is 0.134. The predicted octanol–water partition coefficient (Wildman–Crippen LogP) is 4.64. The van der Waals surface area contributed by atoms with E-state index in [2.05, 4.69) is 34.7 Å². The Balaban J connectivity index is 1.57. The lowest BCUT2D eigenvalue weighted by atomic mass is 10.0. The number of hydrogen-bond donors (Lipinski definition) is 0. The fraction of sp³-hybridized carbons (Fsp3) is 0.360. The molecule has 1 unspecified atom stereocenters. The van der Waals surface area contributed by atoms with Gasteiger partial charge in [0.1, 0.15) is 6.04 Å². The van der Waals surface area contributed by atoms with Gasteiger partial charge in [0.25, 0.3) is 5.91 Å². The van der Waals surface area contributed by atoms with E-state index >= 15 is 0 Å². The Bertz CT molecular complexity index is 1070. The number of benzene rings is 2. The molecule has 1 aromatic heterocycles. The van der Waals surface area contributed by atoms with E-state index in [9.17, 15) is 4.79 Å². The van der Waals surface area contributed by atoms with Crippen LogP contribution in [0.2, 0.25) is 0 Å². The predicted molar refractivity (Wildman–Crippen MR) is 118 cm³/mol. The van der Waals surface area contributed by atoms with Gasteiger partial charge in [0, 0.05) is 47.0 Å². The zero-order valence-corrected chi connectivity index (χ0v) is 17.0. The van der Waals surface area contributed by atoms with Crippen molar-refractivity contribution in [3.05, 3.63) is 70.9 Å². The highest BCUT2D eigenvalue weighted by molar-refractivity contribution is 5.95. The molecule has 0 bridgehead atoms. The number of aromatic nitrogens is 1. The van der Waals surface area contributed by atoms with Gasteiger partial charge in [-0.25, -0.2) is 0 Å². The second kappa shape index (κ2) is 7.51. The molecule has 3 heterocycles. The Morgan fingerprint density at radius 2 is 2.00 bits per heavy atom. The Labute approximate surface area is 171 Å². The molecule has 0 N–H and O–H groups in total. The summed E-state index contributed by atoms with van der Waals surface area (Å²) < 4.78 is 2.47. The van der Waals surface area contributed by atoms with Gasteiger partial charge in [-0.05, 0) is 49.1 Å². The summed E-state index contributed by atoms with van der Waals surface area (Å²) in [4.78, 5) is 19.6. The van der Waals surface area contributed by atoms with Crippen LogP contribution in [0.3, 0.4) is 0 Å². The number of aryl methyl sites for hydroxylation is 1. The third kappa shape index (κ3) is 3.48. The molecule has 4 heteroatoms. The average molecular weight is 386 g/mol. The highest BCUT2D eigenvalue weighted by Crippen LogP contribution is 2.33. The number of fused-ring (bicyclic) bond motifs is 3. The first-order valence-electron chi connectivity index (χ1n) is 10.7. The Kier molecular flexibility index (Phi) is 4.70. The molecule has 2 aromatic carbocycles. The molecule has 0 fully saturated rings. The molecule has 0 aliphatic carbocycles. The number of carbonyl (C=O) groups excluding carboxylic acids is 1. The third-order valence-corrected chi connectivity index (χ3v) is 6.12. The van der Waals surface area contributed by atoms with Crippen LogP contribution in [0, 0.1) is 0 Å². The van der Waals surface area contributed by atoms with Crippen LogP contribution in [-0.4, -0.2) is 34.2 Å². The molecular formula is C25H27N3O. The van der Waals surface area contributed by atoms with Crippen LogP contribution in [0.4, 0.5) is 0 Å². The smallest absolute Gasteiger partial charge is 0.254 e. The fourth-order valence-electron chi connectivity index (χ4n) is 4.63. The Hall–Kier alpha value is -2.88. The van der Waals surface area contributed by atoms with Crippen molar-refractivity contribution in [1.29, 1.82) is 0 Å². The van der Waals surface area contributed by atoms with E-state index in [0.29, 0.717) is 12.6 Å². The van der Waals surface area contributed by atoms with Gasteiger partial charge in [0.05, 0.1) is 6.54 Å². The summed E-state index contributed by atoms with van der Waals surface area (Å²) in [5.41, 5.74) is 6.18. The molecule has 0 radical (unpaired) electrons. The number of hydrogen-bond acceptors (Lipinski definition) is 2. The molecule has 0 saturated carbocycles. The standard InChI is InChI=1S/C25H27N3O/c1-2-7-18-11-12-24-21(14-18)22-17-27(25(29)19-8-4-3-5-9-19)13-6-10-23(22)28(24)16-20-15-26-20/h3-5,8-9,11-12,14-15,20H,2,6-7,10,13,16-17H2,1H3. The second-order valence-corrected chi connectivity index (χ2v) is 8.20. The fourth-order valence-corrected chi connectivity index (χ4v) is 4.63. The molecule has 0 saturated heterocycles. The summed E-state index contributed by atoms with van der Waals surface area (Å²) >= 11 is 0. The average Bonchev–Trinajstić information content (AvgIpc) is 3.55. The molecule has 5 rings (SSSR count). The van der Waals surface area contributed by atoms with Crippen molar-refractivity contribution in [2.24, 2.45) is 4.99 Å². The van der Waals surface area contributed by atoms with Crippen molar-refractivity contribution in [2.45, 2.75) is 51.7 Å². The first-order chi connectivity index (χ1) is 14.2. The Morgan fingerprint density at radius 1 is 1.17 bits per heavy atom. The molecule has 4 nitrogen and oxygen atoms in total. The van der Waals surface area contributed by atoms with Gasteiger partial charge in [0.2, 0.25) is 0 Å². The zero-order valence-electron chi connectivity index (χ0n) is 17.0. The summed E-state index contributed by atoms with van der Waals surface area (Å²) in [6, 6.07) is 16.9. The number of rotatable bonds is 5. The third-order valence-electron chi connectivity index (χ3n) is 6.12. The van der Waals surface area contributed by atoms with Gasteiger partial charge in [-0.15, -0.1) is 0 Å². The summed E-state index contributed by atoms with van der Waals surface area (Å²) in [5, 5.41) is 1.32. The molecule has 148 valence electrons. The van der Waals surface area contributed by atoms with Crippen LogP contribution in [0.25, 0.3) is 10.9 Å². The van der Waals surface area contributed by atoms with Crippen molar-refractivity contribution < 1.29 is 4.79 Å². The summed E-state index contributed by atoms with van der Waals surface area (Å²) in [6.45, 7) is 4.64. The van der Waals surface area contributed by atoms with E-state index in [1.807, 2.05) is 41.4 Å². The minimum absolute atomic E-state index is 0.134. The minimum Gasteiger partial charge on any atom is -0.342 e. The molecule has 29 heavy (non-hydrogen) atoms. The lowest BCUT2D eigenvalue weighted by Crippen LogP contribution is -2.30. The van der Waals surface area contributed by atoms with E-state index in [1.165, 1.54) is 27.7 Å². The highest BCUT2D eigenvalue weighted by atomic mass is 16.2. The maximum absolute atomic E-state index is 13.2. The number of amides is 1. The van der Waals surface area contributed by atoms with Crippen molar-refractivity contribution in [2.75, 3.05) is 6.54 Å². The van der Waals surface area contributed by atoms with Gasteiger partial charge >= 0.3 is 0 Å². The first kappa shape index (κ1) is 18.2. The van der Waals surface area contributed by atoms with E-state index in [-0.39, 0.29) is 5.91 Å². The molecule has 2 aliphatic heterocycles. The molecule has 1 atom stereocenters. The number of carbonyl (C=O) groups is 1. The maximum Gasteiger partial charge on any atom is 0.254 e. The lowest BCUT2D eigenvalue weighted by molar-refractivity contribution is 0.0746. The van der Waals surface area contributed by atoms with Gasteiger partial charge in [-0.1, -0.05) is 37.6 Å².